The van der Waals surface area contributed by atoms with E-state index in [1.54, 1.807) is 23.6 Å². The average Bonchev–Trinajstić information content (AvgIpc) is 3.35. The monoisotopic (exact) mass is 411 g/mol. The number of carbonyl (C=O) groups excluding carboxylic acids is 1. The van der Waals surface area contributed by atoms with Gasteiger partial charge in [-0.2, -0.15) is 13.2 Å². The summed E-state index contributed by atoms with van der Waals surface area (Å²) >= 11 is 7.46. The molecule has 0 aliphatic heterocycles. The fourth-order valence-electron chi connectivity index (χ4n) is 2.57. The number of aromatic nitrogens is 2. The fraction of sp³-hybridized carbons (Fsp3) is 0.0588. The predicted octanol–water partition coefficient (Wildman–Crippen LogP) is 5.58. The number of carbonyl (C=O) groups is 1. The van der Waals surface area contributed by atoms with Gasteiger partial charge in [-0.3, -0.25) is 9.20 Å². The molecule has 0 saturated carbocycles. The second kappa shape index (κ2) is 6.43. The molecule has 4 aromatic heterocycles. The lowest BCUT2D eigenvalue weighted by molar-refractivity contribution is -0.136. The van der Waals surface area contributed by atoms with E-state index in [-0.39, 0.29) is 22.2 Å². The first-order valence-electron chi connectivity index (χ1n) is 7.52. The van der Waals surface area contributed by atoms with Gasteiger partial charge in [0.2, 0.25) is 0 Å². The van der Waals surface area contributed by atoms with E-state index in [2.05, 4.69) is 10.3 Å². The molecule has 27 heavy (non-hydrogen) atoms. The molecular weight excluding hydrogens is 403 g/mol. The predicted molar refractivity (Wildman–Crippen MR) is 95.2 cm³/mol. The third kappa shape index (κ3) is 3.19. The molecule has 0 aromatic carbocycles. The summed E-state index contributed by atoms with van der Waals surface area (Å²) < 4.78 is 46.9. The molecule has 138 valence electrons. The molecule has 0 atom stereocenters. The molecule has 0 aliphatic rings. The molecule has 0 bridgehead atoms. The van der Waals surface area contributed by atoms with Crippen LogP contribution in [0.4, 0.5) is 18.2 Å². The van der Waals surface area contributed by atoms with Gasteiger partial charge < -0.3 is 9.73 Å². The smallest absolute Gasteiger partial charge is 0.420 e. The summed E-state index contributed by atoms with van der Waals surface area (Å²) in [5, 5.41) is 4.61. The quantitative estimate of drug-likeness (QED) is 0.478. The van der Waals surface area contributed by atoms with Gasteiger partial charge in [-0.05, 0) is 35.7 Å². The minimum absolute atomic E-state index is 0.157. The van der Waals surface area contributed by atoms with Gasteiger partial charge in [-0.25, -0.2) is 4.98 Å². The molecule has 1 amide bonds. The van der Waals surface area contributed by atoms with Crippen LogP contribution in [0.25, 0.3) is 17.0 Å². The first-order valence-corrected chi connectivity index (χ1v) is 8.78. The second-order valence-electron chi connectivity index (χ2n) is 5.49. The van der Waals surface area contributed by atoms with Gasteiger partial charge in [-0.1, -0.05) is 11.6 Å². The SMILES string of the molecule is O=C(Nc1cccs1)c1nc2c(C(F)(F)F)cc(-c3ccco3)cn2c1Cl. The van der Waals surface area contributed by atoms with Crippen LogP contribution in [-0.2, 0) is 6.18 Å². The standard InChI is InChI=1S/C17H9ClF3N3O2S/c18-14-13(16(25)22-12-4-2-6-27-12)23-15-10(17(19,20)21)7-9(8-24(14)15)11-3-1-5-26-11/h1-8H,(H,22,25). The Morgan fingerprint density at radius 1 is 1.30 bits per heavy atom. The van der Waals surface area contributed by atoms with Crippen molar-refractivity contribution in [1.29, 1.82) is 0 Å². The van der Waals surface area contributed by atoms with Crippen molar-refractivity contribution in [3.63, 3.8) is 0 Å². The van der Waals surface area contributed by atoms with Crippen molar-refractivity contribution in [2.24, 2.45) is 0 Å². The highest BCUT2D eigenvalue weighted by Gasteiger charge is 2.36. The van der Waals surface area contributed by atoms with Gasteiger partial charge >= 0.3 is 6.18 Å². The highest BCUT2D eigenvalue weighted by molar-refractivity contribution is 7.14. The molecule has 5 nitrogen and oxygen atoms in total. The molecular formula is C17H9ClF3N3O2S. The zero-order valence-corrected chi connectivity index (χ0v) is 14.8. The van der Waals surface area contributed by atoms with E-state index in [0.29, 0.717) is 5.00 Å². The van der Waals surface area contributed by atoms with E-state index in [1.165, 1.54) is 29.9 Å². The first kappa shape index (κ1) is 17.6. The van der Waals surface area contributed by atoms with Crippen LogP contribution >= 0.6 is 22.9 Å². The van der Waals surface area contributed by atoms with Crippen molar-refractivity contribution in [2.45, 2.75) is 6.18 Å². The van der Waals surface area contributed by atoms with Crippen molar-refractivity contribution in [3.05, 3.63) is 64.6 Å². The largest absolute Gasteiger partial charge is 0.464 e. The Hall–Kier alpha value is -2.78. The number of hydrogen-bond acceptors (Lipinski definition) is 4. The Balaban J connectivity index is 1.89. The number of nitrogens with one attached hydrogen (secondary N) is 1. The lowest BCUT2D eigenvalue weighted by Crippen LogP contribution is -2.12. The number of amides is 1. The molecule has 0 fully saturated rings. The number of fused-ring (bicyclic) bond motifs is 1. The second-order valence-corrected chi connectivity index (χ2v) is 6.80. The molecule has 0 aliphatic carbocycles. The van der Waals surface area contributed by atoms with Gasteiger partial charge in [0.1, 0.15) is 10.9 Å². The van der Waals surface area contributed by atoms with Crippen LogP contribution in [-0.4, -0.2) is 15.3 Å². The minimum Gasteiger partial charge on any atom is -0.464 e. The van der Waals surface area contributed by atoms with E-state index in [0.717, 1.165) is 10.5 Å². The zero-order valence-electron chi connectivity index (χ0n) is 13.2. The maximum Gasteiger partial charge on any atom is 0.420 e. The summed E-state index contributed by atoms with van der Waals surface area (Å²) in [7, 11) is 0. The normalized spacial score (nSPS) is 11.9. The molecule has 4 aromatic rings. The Morgan fingerprint density at radius 3 is 2.74 bits per heavy atom. The van der Waals surface area contributed by atoms with E-state index >= 15 is 0 Å². The highest BCUT2D eigenvalue weighted by atomic mass is 35.5. The van der Waals surface area contributed by atoms with Crippen LogP contribution in [0.3, 0.4) is 0 Å². The van der Waals surface area contributed by atoms with Crippen molar-refractivity contribution in [2.75, 3.05) is 5.32 Å². The number of anilines is 1. The van der Waals surface area contributed by atoms with Crippen LogP contribution in [0.1, 0.15) is 16.1 Å². The average molecular weight is 412 g/mol. The van der Waals surface area contributed by atoms with Crippen LogP contribution in [0, 0.1) is 0 Å². The zero-order chi connectivity index (χ0) is 19.2. The molecule has 0 radical (unpaired) electrons. The number of rotatable bonds is 3. The van der Waals surface area contributed by atoms with E-state index in [1.807, 2.05) is 0 Å². The van der Waals surface area contributed by atoms with Crippen molar-refractivity contribution >= 4 is 39.5 Å². The van der Waals surface area contributed by atoms with Crippen LogP contribution in [0.2, 0.25) is 5.15 Å². The molecule has 0 spiro atoms. The maximum absolute atomic E-state index is 13.6. The third-order valence-corrected chi connectivity index (χ3v) is 4.89. The topological polar surface area (TPSA) is 59.5 Å². The van der Waals surface area contributed by atoms with Crippen LogP contribution in [0.15, 0.2) is 52.6 Å². The Morgan fingerprint density at radius 2 is 2.11 bits per heavy atom. The minimum atomic E-state index is -4.69. The van der Waals surface area contributed by atoms with Gasteiger partial charge in [0.15, 0.2) is 11.3 Å². The van der Waals surface area contributed by atoms with Crippen molar-refractivity contribution < 1.29 is 22.4 Å². The highest BCUT2D eigenvalue weighted by Crippen LogP contribution is 2.37. The number of nitrogens with zero attached hydrogens (tertiary/aromatic N) is 2. The van der Waals surface area contributed by atoms with Crippen molar-refractivity contribution in [1.82, 2.24) is 9.38 Å². The molecule has 4 rings (SSSR count). The number of thiophene rings is 1. The first-order chi connectivity index (χ1) is 12.8. The van der Waals surface area contributed by atoms with Gasteiger partial charge in [0, 0.05) is 11.8 Å². The Labute approximate surface area is 159 Å². The van der Waals surface area contributed by atoms with Gasteiger partial charge in [0.25, 0.3) is 5.91 Å². The number of furan rings is 1. The number of pyridine rings is 1. The Kier molecular flexibility index (Phi) is 4.20. The number of hydrogen-bond donors (Lipinski definition) is 1. The van der Waals surface area contributed by atoms with Gasteiger partial charge in [0.05, 0.1) is 16.8 Å². The van der Waals surface area contributed by atoms with E-state index in [4.69, 9.17) is 16.0 Å². The summed E-state index contributed by atoms with van der Waals surface area (Å²) in [6.07, 6.45) is -2.00. The lowest BCUT2D eigenvalue weighted by Gasteiger charge is -2.10. The van der Waals surface area contributed by atoms with Crippen LogP contribution < -0.4 is 5.32 Å². The van der Waals surface area contributed by atoms with E-state index in [9.17, 15) is 18.0 Å². The third-order valence-electron chi connectivity index (χ3n) is 3.75. The number of alkyl halides is 3. The molecule has 1 N–H and O–H groups in total. The van der Waals surface area contributed by atoms with E-state index < -0.39 is 23.3 Å². The molecule has 0 unspecified atom stereocenters. The summed E-state index contributed by atoms with van der Waals surface area (Å²) in [6, 6.07) is 7.38. The van der Waals surface area contributed by atoms with Crippen molar-refractivity contribution in [3.8, 4) is 11.3 Å². The van der Waals surface area contributed by atoms with Crippen LogP contribution in [0.5, 0.6) is 0 Å². The maximum atomic E-state index is 13.6. The number of halogens is 4. The molecule has 0 saturated heterocycles. The fourth-order valence-corrected chi connectivity index (χ4v) is 3.44. The van der Waals surface area contributed by atoms with Gasteiger partial charge in [-0.15, -0.1) is 11.3 Å². The lowest BCUT2D eigenvalue weighted by atomic mass is 10.1. The summed E-state index contributed by atoms with van der Waals surface area (Å²) in [5.74, 6) is -0.462. The summed E-state index contributed by atoms with van der Waals surface area (Å²) in [4.78, 5) is 16.3. The summed E-state index contributed by atoms with van der Waals surface area (Å²) in [5.41, 5.74) is -1.62. The molecule has 10 heteroatoms. The number of imidazole rings is 1. The summed E-state index contributed by atoms with van der Waals surface area (Å²) in [6.45, 7) is 0. The Bertz CT molecular complexity index is 1120. The molecule has 4 heterocycles.